The minimum absolute atomic E-state index is 0.234. The van der Waals surface area contributed by atoms with Crippen molar-refractivity contribution in [3.05, 3.63) is 71.6 Å². The maximum Gasteiger partial charge on any atom is 0.244 e. The number of halogens is 1. The van der Waals surface area contributed by atoms with Crippen LogP contribution in [0.3, 0.4) is 0 Å². The fourth-order valence-corrected chi connectivity index (χ4v) is 1.81. The number of hydrogen-bond donors (Lipinski definition) is 1. The highest BCUT2D eigenvalue weighted by atomic mass is 19.1. The van der Waals surface area contributed by atoms with Crippen LogP contribution in [0.4, 0.5) is 4.39 Å². The molecule has 0 aromatic heterocycles. The Kier molecular flexibility index (Phi) is 5.10. The Labute approximate surface area is 123 Å². The first kappa shape index (κ1) is 14.8. The lowest BCUT2D eigenvalue weighted by Crippen LogP contribution is -2.20. The van der Waals surface area contributed by atoms with Gasteiger partial charge >= 0.3 is 0 Å². The van der Waals surface area contributed by atoms with Crippen molar-refractivity contribution in [2.24, 2.45) is 0 Å². The molecular formula is C17H16FNO2. The molecule has 0 saturated carbocycles. The van der Waals surface area contributed by atoms with Crippen molar-refractivity contribution in [1.82, 2.24) is 5.32 Å². The van der Waals surface area contributed by atoms with Gasteiger partial charge in [-0.15, -0.1) is 0 Å². The van der Waals surface area contributed by atoms with Crippen LogP contribution in [0, 0.1) is 5.82 Å². The largest absolute Gasteiger partial charge is 0.497 e. The monoisotopic (exact) mass is 285 g/mol. The summed E-state index contributed by atoms with van der Waals surface area (Å²) in [6.45, 7) is 0.406. The topological polar surface area (TPSA) is 38.3 Å². The number of nitrogens with one attached hydrogen (secondary N) is 1. The first-order valence-corrected chi connectivity index (χ1v) is 6.52. The highest BCUT2D eigenvalue weighted by molar-refractivity contribution is 5.91. The van der Waals surface area contributed by atoms with E-state index in [9.17, 15) is 9.18 Å². The Morgan fingerprint density at radius 1 is 1.24 bits per heavy atom. The van der Waals surface area contributed by atoms with Crippen molar-refractivity contribution in [2.75, 3.05) is 7.11 Å². The zero-order valence-corrected chi connectivity index (χ0v) is 11.7. The Balaban J connectivity index is 1.90. The number of methoxy groups -OCH3 is 1. The smallest absolute Gasteiger partial charge is 0.244 e. The number of ether oxygens (including phenoxy) is 1. The highest BCUT2D eigenvalue weighted by Gasteiger charge is 1.99. The summed E-state index contributed by atoms with van der Waals surface area (Å²) in [6, 6.07) is 13.5. The Hall–Kier alpha value is -2.62. The van der Waals surface area contributed by atoms with E-state index in [1.54, 1.807) is 25.3 Å². The number of carbonyl (C=O) groups is 1. The fourth-order valence-electron chi connectivity index (χ4n) is 1.81. The van der Waals surface area contributed by atoms with Crippen molar-refractivity contribution in [2.45, 2.75) is 6.54 Å². The predicted octanol–water partition coefficient (Wildman–Crippen LogP) is 3.16. The summed E-state index contributed by atoms with van der Waals surface area (Å²) in [7, 11) is 1.60. The minimum Gasteiger partial charge on any atom is -0.497 e. The molecule has 0 saturated heterocycles. The lowest BCUT2D eigenvalue weighted by Gasteiger charge is -2.05. The first-order chi connectivity index (χ1) is 10.2. The molecule has 0 heterocycles. The number of rotatable bonds is 5. The van der Waals surface area contributed by atoms with Crippen molar-refractivity contribution in [3.8, 4) is 5.75 Å². The molecule has 0 unspecified atom stereocenters. The lowest BCUT2D eigenvalue weighted by atomic mass is 10.2. The molecule has 108 valence electrons. The summed E-state index contributed by atoms with van der Waals surface area (Å²) in [6.07, 6.45) is 2.96. The van der Waals surface area contributed by atoms with Crippen LogP contribution in [0.2, 0.25) is 0 Å². The molecule has 2 aromatic carbocycles. The summed E-state index contributed by atoms with van der Waals surface area (Å²) in [5, 5.41) is 2.76. The van der Waals surface area contributed by atoms with E-state index in [1.165, 1.54) is 18.2 Å². The molecule has 2 aromatic rings. The molecule has 1 amide bonds. The van der Waals surface area contributed by atoms with E-state index in [4.69, 9.17) is 4.74 Å². The van der Waals surface area contributed by atoms with Crippen molar-refractivity contribution in [3.63, 3.8) is 0 Å². The molecule has 0 spiro atoms. The SMILES string of the molecule is COc1cccc(CNC(=O)/C=C/c2cccc(F)c2)c1. The van der Waals surface area contributed by atoms with E-state index in [0.29, 0.717) is 12.1 Å². The van der Waals surface area contributed by atoms with Gasteiger partial charge in [-0.1, -0.05) is 24.3 Å². The molecule has 2 rings (SSSR count). The minimum atomic E-state index is -0.325. The van der Waals surface area contributed by atoms with Crippen molar-refractivity contribution in [1.29, 1.82) is 0 Å². The molecule has 0 radical (unpaired) electrons. The maximum atomic E-state index is 13.0. The average Bonchev–Trinajstić information content (AvgIpc) is 2.51. The third kappa shape index (κ3) is 4.76. The van der Waals surface area contributed by atoms with Gasteiger partial charge < -0.3 is 10.1 Å². The van der Waals surface area contributed by atoms with E-state index < -0.39 is 0 Å². The Morgan fingerprint density at radius 2 is 2.05 bits per heavy atom. The normalized spacial score (nSPS) is 10.6. The van der Waals surface area contributed by atoms with Gasteiger partial charge in [0.25, 0.3) is 0 Å². The molecule has 1 N–H and O–H groups in total. The molecule has 4 heteroatoms. The number of amides is 1. The van der Waals surface area contributed by atoms with Crippen molar-refractivity contribution >= 4 is 12.0 Å². The van der Waals surface area contributed by atoms with Gasteiger partial charge in [0.15, 0.2) is 0 Å². The van der Waals surface area contributed by atoms with Crippen molar-refractivity contribution < 1.29 is 13.9 Å². The third-order valence-electron chi connectivity index (χ3n) is 2.88. The average molecular weight is 285 g/mol. The highest BCUT2D eigenvalue weighted by Crippen LogP contribution is 2.12. The number of carbonyl (C=O) groups excluding carboxylic acids is 1. The molecule has 0 fully saturated rings. The maximum absolute atomic E-state index is 13.0. The van der Waals surface area contributed by atoms with Crippen LogP contribution in [0.5, 0.6) is 5.75 Å². The summed E-state index contributed by atoms with van der Waals surface area (Å²) in [5.41, 5.74) is 1.59. The summed E-state index contributed by atoms with van der Waals surface area (Å²) in [4.78, 5) is 11.7. The van der Waals surface area contributed by atoms with Crippen LogP contribution in [0.15, 0.2) is 54.6 Å². The van der Waals surface area contributed by atoms with Gasteiger partial charge in [-0.2, -0.15) is 0 Å². The zero-order chi connectivity index (χ0) is 15.1. The van der Waals surface area contributed by atoms with Gasteiger partial charge in [0.2, 0.25) is 5.91 Å². The van der Waals surface area contributed by atoms with E-state index in [0.717, 1.165) is 11.3 Å². The summed E-state index contributed by atoms with van der Waals surface area (Å²) >= 11 is 0. The molecular weight excluding hydrogens is 269 g/mol. The molecule has 3 nitrogen and oxygen atoms in total. The number of hydrogen-bond acceptors (Lipinski definition) is 2. The van der Waals surface area contributed by atoms with Gasteiger partial charge in [0.1, 0.15) is 11.6 Å². The van der Waals surface area contributed by atoms with Gasteiger partial charge in [-0.25, -0.2) is 4.39 Å². The van der Waals surface area contributed by atoms with Crippen LogP contribution in [0.1, 0.15) is 11.1 Å². The molecule has 0 atom stereocenters. The zero-order valence-electron chi connectivity index (χ0n) is 11.7. The lowest BCUT2D eigenvalue weighted by molar-refractivity contribution is -0.116. The second-order valence-corrected chi connectivity index (χ2v) is 4.46. The summed E-state index contributed by atoms with van der Waals surface area (Å²) < 4.78 is 18.1. The predicted molar refractivity (Wildman–Crippen MR) is 80.3 cm³/mol. The van der Waals surface area contributed by atoms with E-state index in [2.05, 4.69) is 5.32 Å². The van der Waals surface area contributed by atoms with E-state index in [-0.39, 0.29) is 11.7 Å². The standard InChI is InChI=1S/C17H16FNO2/c1-21-16-7-3-5-14(11-16)12-19-17(20)9-8-13-4-2-6-15(18)10-13/h2-11H,12H2,1H3,(H,19,20)/b9-8+. The quantitative estimate of drug-likeness (QED) is 0.857. The molecule has 0 aliphatic rings. The third-order valence-corrected chi connectivity index (χ3v) is 2.88. The van der Waals surface area contributed by atoms with Crippen LogP contribution in [-0.2, 0) is 11.3 Å². The second-order valence-electron chi connectivity index (χ2n) is 4.46. The Bertz CT molecular complexity index is 653. The van der Waals surface area contributed by atoms with Gasteiger partial charge in [-0.05, 0) is 41.5 Å². The number of benzene rings is 2. The fraction of sp³-hybridized carbons (Fsp3) is 0.118. The van der Waals surface area contributed by atoms with Gasteiger partial charge in [0.05, 0.1) is 7.11 Å². The summed E-state index contributed by atoms with van der Waals surface area (Å²) in [5.74, 6) is 0.188. The van der Waals surface area contributed by atoms with Crippen LogP contribution in [0.25, 0.3) is 6.08 Å². The first-order valence-electron chi connectivity index (χ1n) is 6.52. The van der Waals surface area contributed by atoms with Gasteiger partial charge in [-0.3, -0.25) is 4.79 Å². The van der Waals surface area contributed by atoms with Crippen LogP contribution >= 0.6 is 0 Å². The van der Waals surface area contributed by atoms with E-state index >= 15 is 0 Å². The molecule has 21 heavy (non-hydrogen) atoms. The van der Waals surface area contributed by atoms with Crippen LogP contribution < -0.4 is 10.1 Å². The van der Waals surface area contributed by atoms with E-state index in [1.807, 2.05) is 24.3 Å². The molecule has 0 aliphatic heterocycles. The molecule has 0 bridgehead atoms. The van der Waals surface area contributed by atoms with Gasteiger partial charge in [0, 0.05) is 12.6 Å². The van der Waals surface area contributed by atoms with Crippen LogP contribution in [-0.4, -0.2) is 13.0 Å². The second kappa shape index (κ2) is 7.24. The Morgan fingerprint density at radius 3 is 2.81 bits per heavy atom. The molecule has 0 aliphatic carbocycles.